The Labute approximate surface area is 90.1 Å². The predicted octanol–water partition coefficient (Wildman–Crippen LogP) is 2.81. The summed E-state index contributed by atoms with van der Waals surface area (Å²) in [6, 6.07) is 5.95. The number of rotatable bonds is 3. The number of aromatic nitrogens is 3. The second-order valence-electron chi connectivity index (χ2n) is 4.21. The lowest BCUT2D eigenvalue weighted by Crippen LogP contribution is -2.21. The number of fused-ring (bicyclic) bond motifs is 1. The minimum atomic E-state index is 0.103. The van der Waals surface area contributed by atoms with E-state index in [0.717, 1.165) is 24.3 Å². The summed E-state index contributed by atoms with van der Waals surface area (Å²) >= 11 is 0. The van der Waals surface area contributed by atoms with E-state index >= 15 is 0 Å². The van der Waals surface area contributed by atoms with E-state index in [2.05, 4.69) is 30.9 Å². The van der Waals surface area contributed by atoms with Gasteiger partial charge in [0.2, 0.25) is 0 Å². The van der Waals surface area contributed by atoms with Gasteiger partial charge in [-0.1, -0.05) is 26.8 Å². The largest absolute Gasteiger partial charge is 0.221 e. The van der Waals surface area contributed by atoms with Crippen LogP contribution in [0.15, 0.2) is 24.4 Å². The van der Waals surface area contributed by atoms with Crippen LogP contribution in [0.1, 0.15) is 39.4 Å². The van der Waals surface area contributed by atoms with E-state index < -0.39 is 0 Å². The molecular weight excluding hydrogens is 186 g/mol. The lowest BCUT2D eigenvalue weighted by atomic mass is 9.84. The zero-order valence-corrected chi connectivity index (χ0v) is 9.57. The van der Waals surface area contributed by atoms with Crippen LogP contribution >= 0.6 is 0 Å². The third kappa shape index (κ3) is 1.62. The van der Waals surface area contributed by atoms with E-state index in [0.29, 0.717) is 0 Å². The maximum Gasteiger partial charge on any atom is 0.157 e. The van der Waals surface area contributed by atoms with Crippen LogP contribution in [0.2, 0.25) is 0 Å². The van der Waals surface area contributed by atoms with E-state index in [9.17, 15) is 0 Å². The molecule has 3 heteroatoms. The first-order valence-corrected chi connectivity index (χ1v) is 5.51. The average molecular weight is 203 g/mol. The summed E-state index contributed by atoms with van der Waals surface area (Å²) in [5.74, 6) is 0.957. The van der Waals surface area contributed by atoms with Crippen LogP contribution in [0.3, 0.4) is 0 Å². The zero-order valence-electron chi connectivity index (χ0n) is 9.57. The van der Waals surface area contributed by atoms with E-state index in [1.165, 1.54) is 0 Å². The summed E-state index contributed by atoms with van der Waals surface area (Å²) in [4.78, 5) is 4.58. The summed E-state index contributed by atoms with van der Waals surface area (Å²) in [5, 5.41) is 4.53. The van der Waals surface area contributed by atoms with Crippen LogP contribution in [-0.2, 0) is 5.41 Å². The van der Waals surface area contributed by atoms with E-state index in [1.54, 1.807) is 0 Å². The minimum absolute atomic E-state index is 0.103. The van der Waals surface area contributed by atoms with E-state index in [1.807, 2.05) is 28.9 Å². The molecule has 0 saturated carbocycles. The molecule has 80 valence electrons. The highest BCUT2D eigenvalue weighted by Gasteiger charge is 2.27. The van der Waals surface area contributed by atoms with Crippen LogP contribution in [0.4, 0.5) is 0 Å². The predicted molar refractivity (Wildman–Crippen MR) is 60.9 cm³/mol. The normalized spacial score (nSPS) is 12.2. The molecule has 2 rings (SSSR count). The maximum absolute atomic E-state index is 4.58. The van der Waals surface area contributed by atoms with Gasteiger partial charge in [0, 0.05) is 11.6 Å². The monoisotopic (exact) mass is 203 g/mol. The third-order valence-corrected chi connectivity index (χ3v) is 3.34. The lowest BCUT2D eigenvalue weighted by molar-refractivity contribution is 0.412. The van der Waals surface area contributed by atoms with Crippen molar-refractivity contribution in [2.24, 2.45) is 0 Å². The van der Waals surface area contributed by atoms with Crippen molar-refractivity contribution < 1.29 is 0 Å². The number of hydrogen-bond acceptors (Lipinski definition) is 2. The Morgan fingerprint density at radius 2 is 2.00 bits per heavy atom. The van der Waals surface area contributed by atoms with Crippen molar-refractivity contribution in [2.45, 2.75) is 39.0 Å². The molecule has 0 unspecified atom stereocenters. The molecule has 0 amide bonds. The SMILES string of the molecule is CCC(C)(CC)c1nc2ccccn2n1. The number of pyridine rings is 1. The summed E-state index contributed by atoms with van der Waals surface area (Å²) in [5.41, 5.74) is 1.03. The summed E-state index contributed by atoms with van der Waals surface area (Å²) < 4.78 is 1.85. The van der Waals surface area contributed by atoms with Crippen molar-refractivity contribution in [3.63, 3.8) is 0 Å². The van der Waals surface area contributed by atoms with Crippen molar-refractivity contribution in [3.05, 3.63) is 30.2 Å². The van der Waals surface area contributed by atoms with Gasteiger partial charge in [0.05, 0.1) is 0 Å². The number of nitrogens with zero attached hydrogens (tertiary/aromatic N) is 3. The molecule has 0 fully saturated rings. The first-order valence-electron chi connectivity index (χ1n) is 5.51. The van der Waals surface area contributed by atoms with Crippen molar-refractivity contribution in [1.82, 2.24) is 14.6 Å². The Balaban J connectivity index is 2.52. The quantitative estimate of drug-likeness (QED) is 0.767. The molecule has 0 aliphatic rings. The van der Waals surface area contributed by atoms with E-state index in [-0.39, 0.29) is 5.41 Å². The first-order chi connectivity index (χ1) is 7.19. The van der Waals surface area contributed by atoms with Crippen molar-refractivity contribution in [1.29, 1.82) is 0 Å². The standard InChI is InChI=1S/C12H17N3/c1-4-12(3,5-2)11-13-10-8-6-7-9-15(10)14-11/h6-9H,4-5H2,1-3H3. The van der Waals surface area contributed by atoms with Crippen molar-refractivity contribution >= 4 is 5.65 Å². The highest BCUT2D eigenvalue weighted by atomic mass is 15.3. The van der Waals surface area contributed by atoms with Gasteiger partial charge >= 0.3 is 0 Å². The van der Waals surface area contributed by atoms with E-state index in [4.69, 9.17) is 0 Å². The lowest BCUT2D eigenvalue weighted by Gasteiger charge is -2.22. The first kappa shape index (κ1) is 10.1. The molecule has 2 aromatic heterocycles. The molecule has 0 aliphatic carbocycles. The molecule has 2 heterocycles. The Morgan fingerprint density at radius 3 is 2.60 bits per heavy atom. The third-order valence-electron chi connectivity index (χ3n) is 3.34. The van der Waals surface area contributed by atoms with Gasteiger partial charge in [-0.25, -0.2) is 9.50 Å². The molecule has 0 aliphatic heterocycles. The molecule has 0 bridgehead atoms. The number of hydrogen-bond donors (Lipinski definition) is 0. The molecule has 0 spiro atoms. The Bertz CT molecular complexity index is 422. The van der Waals surface area contributed by atoms with Crippen LogP contribution in [0.5, 0.6) is 0 Å². The molecule has 0 saturated heterocycles. The van der Waals surface area contributed by atoms with Crippen molar-refractivity contribution in [3.8, 4) is 0 Å². The second-order valence-corrected chi connectivity index (χ2v) is 4.21. The van der Waals surface area contributed by atoms with Crippen LogP contribution in [0.25, 0.3) is 5.65 Å². The van der Waals surface area contributed by atoms with Gasteiger partial charge in [-0.3, -0.25) is 0 Å². The molecule has 0 radical (unpaired) electrons. The van der Waals surface area contributed by atoms with Gasteiger partial charge in [0.15, 0.2) is 11.5 Å². The minimum Gasteiger partial charge on any atom is -0.221 e. The smallest absolute Gasteiger partial charge is 0.157 e. The highest BCUT2D eigenvalue weighted by molar-refractivity contribution is 5.37. The fourth-order valence-corrected chi connectivity index (χ4v) is 1.65. The molecule has 0 aromatic carbocycles. The van der Waals surface area contributed by atoms with Gasteiger partial charge in [-0.2, -0.15) is 5.10 Å². The second kappa shape index (κ2) is 3.65. The highest BCUT2D eigenvalue weighted by Crippen LogP contribution is 2.28. The average Bonchev–Trinajstić information content (AvgIpc) is 2.72. The Hall–Kier alpha value is -1.38. The van der Waals surface area contributed by atoms with Gasteiger partial charge in [-0.15, -0.1) is 0 Å². The van der Waals surface area contributed by atoms with Crippen molar-refractivity contribution in [2.75, 3.05) is 0 Å². The fourth-order valence-electron chi connectivity index (χ4n) is 1.65. The Morgan fingerprint density at radius 1 is 1.27 bits per heavy atom. The van der Waals surface area contributed by atoms with Gasteiger partial charge < -0.3 is 0 Å². The molecule has 0 atom stereocenters. The molecule has 2 aromatic rings. The van der Waals surface area contributed by atoms with Crippen LogP contribution < -0.4 is 0 Å². The summed E-state index contributed by atoms with van der Waals surface area (Å²) in [7, 11) is 0. The fraction of sp³-hybridized carbons (Fsp3) is 0.500. The summed E-state index contributed by atoms with van der Waals surface area (Å²) in [6.07, 6.45) is 4.08. The van der Waals surface area contributed by atoms with Crippen LogP contribution in [-0.4, -0.2) is 14.6 Å². The zero-order chi connectivity index (χ0) is 10.9. The Kier molecular flexibility index (Phi) is 2.47. The van der Waals surface area contributed by atoms with Gasteiger partial charge in [0.25, 0.3) is 0 Å². The molecular formula is C12H17N3. The van der Waals surface area contributed by atoms with Gasteiger partial charge in [0.1, 0.15) is 0 Å². The summed E-state index contributed by atoms with van der Waals surface area (Å²) in [6.45, 7) is 6.60. The molecule has 15 heavy (non-hydrogen) atoms. The topological polar surface area (TPSA) is 30.2 Å². The molecule has 0 N–H and O–H groups in total. The molecule has 3 nitrogen and oxygen atoms in total. The maximum atomic E-state index is 4.58. The van der Waals surface area contributed by atoms with Gasteiger partial charge in [-0.05, 0) is 25.0 Å². The van der Waals surface area contributed by atoms with Crippen LogP contribution in [0, 0.1) is 0 Å².